The first-order valence-corrected chi connectivity index (χ1v) is 24.6. The lowest BCUT2D eigenvalue weighted by molar-refractivity contribution is -0.136. The van der Waals surface area contributed by atoms with E-state index in [1.54, 1.807) is 36.3 Å². The van der Waals surface area contributed by atoms with Gasteiger partial charge in [0.25, 0.3) is 23.3 Å². The number of aromatic amines is 1. The minimum Gasteiger partial charge on any atom is -0.382 e. The summed E-state index contributed by atoms with van der Waals surface area (Å²) in [6, 6.07) is 8.67. The first-order valence-electron chi connectivity index (χ1n) is 22.5. The second-order valence-corrected chi connectivity index (χ2v) is 20.4. The molecule has 0 radical (unpaired) electrons. The number of imide groups is 1. The lowest BCUT2D eigenvalue weighted by atomic mass is 9.95. The molecule has 2 aromatic carbocycles. The number of carbonyl (C=O) groups is 5. The number of piperidine rings is 2. The van der Waals surface area contributed by atoms with Crippen LogP contribution in [0.15, 0.2) is 41.3 Å². The molecule has 5 aliphatic rings. The first kappa shape index (κ1) is 44.2. The van der Waals surface area contributed by atoms with Crippen molar-refractivity contribution in [2.45, 2.75) is 75.9 Å². The Balaban J connectivity index is 0.874. The van der Waals surface area contributed by atoms with Crippen molar-refractivity contribution in [3.8, 4) is 11.1 Å². The van der Waals surface area contributed by atoms with Crippen LogP contribution in [-0.4, -0.2) is 121 Å². The molecular formula is C46H56N10O8S. The molecule has 18 nitrogen and oxygen atoms in total. The number of likely N-dealkylation sites (tertiary alicyclic amines) is 1. The highest BCUT2D eigenvalue weighted by molar-refractivity contribution is 7.89. The number of H-pyrrole nitrogens is 1. The highest BCUT2D eigenvalue weighted by Crippen LogP contribution is 2.45. The van der Waals surface area contributed by atoms with Gasteiger partial charge in [0, 0.05) is 134 Å². The summed E-state index contributed by atoms with van der Waals surface area (Å²) in [5, 5.41) is 12.5. The number of sulfone groups is 1. The number of fused-ring (bicyclic) bond motifs is 3. The smallest absolute Gasteiger partial charge is 0.274 e. The zero-order valence-electron chi connectivity index (χ0n) is 36.8. The monoisotopic (exact) mass is 908 g/mol. The predicted octanol–water partition coefficient (Wildman–Crippen LogP) is 1.95. The number of aromatic nitrogens is 2. The maximum atomic E-state index is 14.2. The van der Waals surface area contributed by atoms with E-state index in [2.05, 4.69) is 36.1 Å². The average molecular weight is 909 g/mol. The summed E-state index contributed by atoms with van der Waals surface area (Å²) >= 11 is 0. The Bertz CT molecular complexity index is 2790. The van der Waals surface area contributed by atoms with Gasteiger partial charge in [0.15, 0.2) is 9.84 Å². The molecule has 1 aliphatic carbocycles. The fourth-order valence-corrected chi connectivity index (χ4v) is 10.7. The number of nitrogens with one attached hydrogen (secondary N) is 5. The molecule has 2 saturated heterocycles. The van der Waals surface area contributed by atoms with E-state index in [0.717, 1.165) is 68.5 Å². The Labute approximate surface area is 376 Å². The summed E-state index contributed by atoms with van der Waals surface area (Å²) in [4.78, 5) is 88.0. The number of hydrogen-bond donors (Lipinski definition) is 6. The largest absolute Gasteiger partial charge is 0.382 e. The molecular weight excluding hydrogens is 853 g/mol. The van der Waals surface area contributed by atoms with Crippen LogP contribution in [0.5, 0.6) is 0 Å². The summed E-state index contributed by atoms with van der Waals surface area (Å²) in [5.74, 6) is -1.65. The van der Waals surface area contributed by atoms with Gasteiger partial charge in [-0.05, 0) is 80.8 Å². The lowest BCUT2D eigenvalue weighted by Crippen LogP contribution is -2.52. The molecule has 19 heteroatoms. The number of benzene rings is 2. The number of rotatable bonds is 15. The van der Waals surface area contributed by atoms with Crippen molar-refractivity contribution in [2.75, 3.05) is 62.3 Å². The average Bonchev–Trinajstić information content (AvgIpc) is 3.95. The summed E-state index contributed by atoms with van der Waals surface area (Å²) in [5.41, 5.74) is 11.6. The molecule has 6 heterocycles. The molecule has 3 fully saturated rings. The molecule has 1 saturated carbocycles. The Morgan fingerprint density at radius 1 is 0.908 bits per heavy atom. The van der Waals surface area contributed by atoms with Crippen LogP contribution in [0.4, 0.5) is 11.4 Å². The third-order valence-corrected chi connectivity index (χ3v) is 14.2. The Kier molecular flexibility index (Phi) is 12.0. The molecule has 5 amide bonds. The standard InChI is InChI=1S/C46H56N10O8S/c1-53-22-33-31-19-27(25-65(2,63)64)30(20-37(31)55(21-26-7-8-26)23-34-39(33)41(46(53)62)52-40(34)44(60)49-15-13-47)42(58)48-14-4-16-54-17-11-28(12-18-54)50-35-6-3-5-29-32(35)24-56(45(29)61)36-9-10-38(57)51-43(36)59/h3,5-6,19-20,22,26,28,36,50,52H,4,7-18,21,23-25,47H2,1-2H3,(H,48,58)(H,49,60)(H,51,57,59). The Hall–Kier alpha value is -6.05. The highest BCUT2D eigenvalue weighted by atomic mass is 32.2. The predicted molar refractivity (Wildman–Crippen MR) is 245 cm³/mol. The van der Waals surface area contributed by atoms with Crippen molar-refractivity contribution in [3.05, 3.63) is 80.4 Å². The molecule has 4 aliphatic heterocycles. The molecule has 9 rings (SSSR count). The Morgan fingerprint density at radius 3 is 2.40 bits per heavy atom. The Morgan fingerprint density at radius 2 is 1.68 bits per heavy atom. The molecule has 4 aromatic rings. The van der Waals surface area contributed by atoms with Crippen molar-refractivity contribution in [3.63, 3.8) is 0 Å². The molecule has 7 N–H and O–H groups in total. The van der Waals surface area contributed by atoms with Gasteiger partial charge in [-0.2, -0.15) is 0 Å². The van der Waals surface area contributed by atoms with Crippen molar-refractivity contribution in [1.29, 1.82) is 0 Å². The molecule has 344 valence electrons. The maximum Gasteiger partial charge on any atom is 0.274 e. The van der Waals surface area contributed by atoms with Gasteiger partial charge in [0.2, 0.25) is 11.8 Å². The van der Waals surface area contributed by atoms with Gasteiger partial charge in [-0.1, -0.05) is 6.07 Å². The summed E-state index contributed by atoms with van der Waals surface area (Å²) < 4.78 is 27.3. The number of nitrogens with two attached hydrogens (primary N) is 1. The van der Waals surface area contributed by atoms with E-state index in [-0.39, 0.29) is 77.3 Å². The van der Waals surface area contributed by atoms with Gasteiger partial charge >= 0.3 is 0 Å². The number of amides is 5. The highest BCUT2D eigenvalue weighted by Gasteiger charge is 2.40. The quantitative estimate of drug-likeness (QED) is 0.0742. The second-order valence-electron chi connectivity index (χ2n) is 18.3. The van der Waals surface area contributed by atoms with E-state index in [9.17, 15) is 37.2 Å². The van der Waals surface area contributed by atoms with E-state index in [0.29, 0.717) is 78.1 Å². The van der Waals surface area contributed by atoms with E-state index in [1.807, 2.05) is 12.1 Å². The second kappa shape index (κ2) is 17.7. The van der Waals surface area contributed by atoms with Crippen LogP contribution in [0.3, 0.4) is 0 Å². The molecule has 1 unspecified atom stereocenters. The van der Waals surface area contributed by atoms with Gasteiger partial charge in [0.05, 0.1) is 5.75 Å². The van der Waals surface area contributed by atoms with Gasteiger partial charge in [-0.15, -0.1) is 0 Å². The number of nitrogens with zero attached hydrogens (tertiary/aromatic N) is 4. The van der Waals surface area contributed by atoms with Crippen LogP contribution in [0.1, 0.15) is 92.8 Å². The third kappa shape index (κ3) is 9.00. The van der Waals surface area contributed by atoms with Crippen LogP contribution in [0.25, 0.3) is 22.0 Å². The number of carbonyl (C=O) groups excluding carboxylic acids is 5. The summed E-state index contributed by atoms with van der Waals surface area (Å²) in [6.45, 7) is 4.55. The van der Waals surface area contributed by atoms with Crippen molar-refractivity contribution in [1.82, 2.24) is 35.3 Å². The molecule has 65 heavy (non-hydrogen) atoms. The summed E-state index contributed by atoms with van der Waals surface area (Å²) in [6.07, 6.45) is 7.88. The lowest BCUT2D eigenvalue weighted by Gasteiger charge is -2.33. The van der Waals surface area contributed by atoms with Crippen LogP contribution in [0, 0.1) is 5.92 Å². The maximum absolute atomic E-state index is 14.2. The molecule has 0 bridgehead atoms. The fourth-order valence-electron chi connectivity index (χ4n) is 9.94. The fraction of sp³-hybridized carbons (Fsp3) is 0.478. The van der Waals surface area contributed by atoms with E-state index < -0.39 is 21.8 Å². The van der Waals surface area contributed by atoms with Crippen LogP contribution in [0.2, 0.25) is 0 Å². The van der Waals surface area contributed by atoms with Crippen LogP contribution < -0.4 is 37.5 Å². The van der Waals surface area contributed by atoms with E-state index in [1.165, 1.54) is 4.57 Å². The zero-order valence-corrected chi connectivity index (χ0v) is 37.6. The molecule has 1 atom stereocenters. The zero-order chi connectivity index (χ0) is 45.7. The van der Waals surface area contributed by atoms with Crippen LogP contribution >= 0.6 is 0 Å². The number of aryl methyl sites for hydroxylation is 1. The number of hydrogen-bond acceptors (Lipinski definition) is 12. The minimum atomic E-state index is -3.59. The summed E-state index contributed by atoms with van der Waals surface area (Å²) in [7, 11) is -1.95. The van der Waals surface area contributed by atoms with E-state index in [4.69, 9.17) is 5.73 Å². The van der Waals surface area contributed by atoms with Crippen molar-refractivity contribution in [2.24, 2.45) is 18.7 Å². The number of pyridine rings is 1. The number of anilines is 2. The third-order valence-electron chi connectivity index (χ3n) is 13.4. The van der Waals surface area contributed by atoms with Crippen molar-refractivity contribution < 1.29 is 32.4 Å². The normalized spacial score (nSPS) is 18.9. The van der Waals surface area contributed by atoms with Gasteiger partial charge in [0.1, 0.15) is 17.3 Å². The van der Waals surface area contributed by atoms with Gasteiger partial charge in [-0.3, -0.25) is 34.1 Å². The minimum absolute atomic E-state index is 0.179. The van der Waals surface area contributed by atoms with Gasteiger partial charge in [-0.25, -0.2) is 8.42 Å². The SMILES string of the molecule is Cn1cc2c3c(c(C(=O)NCCN)[nH]c3c1=O)CN(CC1CC1)c1cc(C(=O)NCCCN3CCC(Nc4cccc5c4CN(C4CCC(=O)NC4=O)C5=O)CC3)c(CS(C)(=O)=O)cc1-2. The van der Waals surface area contributed by atoms with Gasteiger partial charge < -0.3 is 45.9 Å². The topological polar surface area (TPSA) is 241 Å². The molecule has 2 aromatic heterocycles. The molecule has 0 spiro atoms. The van der Waals surface area contributed by atoms with Crippen molar-refractivity contribution >= 4 is 61.7 Å². The van der Waals surface area contributed by atoms with Crippen LogP contribution in [-0.2, 0) is 45.3 Å². The first-order chi connectivity index (χ1) is 31.2. The van der Waals surface area contributed by atoms with E-state index >= 15 is 0 Å².